The second-order valence-corrected chi connectivity index (χ2v) is 6.36. The number of hydrogen-bond donors (Lipinski definition) is 2. The Bertz CT molecular complexity index is 252. The fourth-order valence-corrected chi connectivity index (χ4v) is 2.16. The summed E-state index contributed by atoms with van der Waals surface area (Å²) in [5, 5.41) is 2.98. The average Bonchev–Trinajstić information content (AvgIpc) is 2.28. The lowest BCUT2D eigenvalue weighted by Gasteiger charge is -2.30. The maximum atomic E-state index is 11.6. The fraction of sp³-hybridized carbons (Fsp3) is 0.929. The Morgan fingerprint density at radius 2 is 2.00 bits per heavy atom. The van der Waals surface area contributed by atoms with Crippen molar-refractivity contribution in [2.75, 3.05) is 26.2 Å². The Kier molecular flexibility index (Phi) is 6.09. The molecule has 3 N–H and O–H groups in total. The molecule has 0 bridgehead atoms. The molecule has 1 aliphatic rings. The van der Waals surface area contributed by atoms with Gasteiger partial charge in [0.25, 0.3) is 0 Å². The van der Waals surface area contributed by atoms with Crippen molar-refractivity contribution in [3.8, 4) is 0 Å². The summed E-state index contributed by atoms with van der Waals surface area (Å²) in [6.07, 6.45) is 3.84. The zero-order chi connectivity index (χ0) is 13.6. The second kappa shape index (κ2) is 7.10. The van der Waals surface area contributed by atoms with E-state index in [2.05, 4.69) is 17.1 Å². The number of nitrogens with two attached hydrogens (primary N) is 1. The van der Waals surface area contributed by atoms with Gasteiger partial charge in [-0.2, -0.15) is 0 Å². The van der Waals surface area contributed by atoms with Crippen LogP contribution >= 0.6 is 0 Å². The van der Waals surface area contributed by atoms with Crippen molar-refractivity contribution in [1.29, 1.82) is 0 Å². The van der Waals surface area contributed by atoms with E-state index >= 15 is 0 Å². The molecule has 0 atom stereocenters. The van der Waals surface area contributed by atoms with E-state index in [1.54, 1.807) is 0 Å². The van der Waals surface area contributed by atoms with Gasteiger partial charge >= 0.3 is 0 Å². The van der Waals surface area contributed by atoms with Crippen LogP contribution in [0.3, 0.4) is 0 Å². The SMILES string of the molecule is CC1CCN(CCNC(=O)CCC(C)(C)N)CC1. The van der Waals surface area contributed by atoms with Crippen LogP contribution < -0.4 is 11.1 Å². The monoisotopic (exact) mass is 255 g/mol. The fourth-order valence-electron chi connectivity index (χ4n) is 2.16. The third kappa shape index (κ3) is 6.97. The molecular weight excluding hydrogens is 226 g/mol. The lowest BCUT2D eigenvalue weighted by atomic mass is 9.99. The average molecular weight is 255 g/mol. The quantitative estimate of drug-likeness (QED) is 0.753. The number of amides is 1. The minimum atomic E-state index is -0.250. The molecule has 18 heavy (non-hydrogen) atoms. The minimum absolute atomic E-state index is 0.124. The van der Waals surface area contributed by atoms with Gasteiger partial charge in [0.15, 0.2) is 0 Å². The predicted molar refractivity (Wildman–Crippen MR) is 75.3 cm³/mol. The molecule has 1 fully saturated rings. The van der Waals surface area contributed by atoms with Crippen molar-refractivity contribution in [3.63, 3.8) is 0 Å². The van der Waals surface area contributed by atoms with Gasteiger partial charge in [-0.25, -0.2) is 0 Å². The highest BCUT2D eigenvalue weighted by molar-refractivity contribution is 5.75. The third-order valence-corrected chi connectivity index (χ3v) is 3.62. The summed E-state index contributed by atoms with van der Waals surface area (Å²) in [7, 11) is 0. The molecule has 0 aromatic rings. The number of piperidine rings is 1. The van der Waals surface area contributed by atoms with Crippen LogP contribution in [-0.4, -0.2) is 42.5 Å². The van der Waals surface area contributed by atoms with Gasteiger partial charge in [-0.05, 0) is 52.1 Å². The van der Waals surface area contributed by atoms with Gasteiger partial charge < -0.3 is 16.0 Å². The van der Waals surface area contributed by atoms with Gasteiger partial charge in [-0.3, -0.25) is 4.79 Å². The molecular formula is C14H29N3O. The first kappa shape index (κ1) is 15.4. The highest BCUT2D eigenvalue weighted by Crippen LogP contribution is 2.15. The van der Waals surface area contributed by atoms with E-state index in [-0.39, 0.29) is 11.4 Å². The molecule has 0 aliphatic carbocycles. The zero-order valence-corrected chi connectivity index (χ0v) is 12.2. The van der Waals surface area contributed by atoms with Crippen LogP contribution in [0.25, 0.3) is 0 Å². The van der Waals surface area contributed by atoms with Gasteiger partial charge in [0.05, 0.1) is 0 Å². The largest absolute Gasteiger partial charge is 0.355 e. The lowest BCUT2D eigenvalue weighted by molar-refractivity contribution is -0.121. The van der Waals surface area contributed by atoms with Crippen LogP contribution in [0.15, 0.2) is 0 Å². The normalized spacial score (nSPS) is 18.9. The van der Waals surface area contributed by atoms with Crippen LogP contribution in [0.2, 0.25) is 0 Å². The van der Waals surface area contributed by atoms with Crippen LogP contribution in [0.4, 0.5) is 0 Å². The summed E-state index contributed by atoms with van der Waals surface area (Å²) in [5.74, 6) is 0.988. The first-order valence-electron chi connectivity index (χ1n) is 7.15. The van der Waals surface area contributed by atoms with E-state index in [0.29, 0.717) is 6.42 Å². The number of carbonyl (C=O) groups is 1. The first-order chi connectivity index (χ1) is 8.37. The number of likely N-dealkylation sites (tertiary alicyclic amines) is 1. The molecule has 0 unspecified atom stereocenters. The van der Waals surface area contributed by atoms with Crippen molar-refractivity contribution >= 4 is 5.91 Å². The number of hydrogen-bond acceptors (Lipinski definition) is 3. The molecule has 0 aromatic carbocycles. The van der Waals surface area contributed by atoms with E-state index in [1.807, 2.05) is 13.8 Å². The standard InChI is InChI=1S/C14H29N3O/c1-12-5-9-17(10-6-12)11-8-16-13(18)4-7-14(2,3)15/h12H,4-11,15H2,1-3H3,(H,16,18). The minimum Gasteiger partial charge on any atom is -0.355 e. The Labute approximate surface area is 111 Å². The van der Waals surface area contributed by atoms with Crippen molar-refractivity contribution in [3.05, 3.63) is 0 Å². The number of carbonyl (C=O) groups excluding carboxylic acids is 1. The Hall–Kier alpha value is -0.610. The van der Waals surface area contributed by atoms with E-state index in [4.69, 9.17) is 5.73 Å². The van der Waals surface area contributed by atoms with Crippen molar-refractivity contribution in [2.45, 2.75) is 52.0 Å². The molecule has 0 saturated carbocycles. The summed E-state index contributed by atoms with van der Waals surface area (Å²) < 4.78 is 0. The maximum Gasteiger partial charge on any atom is 0.220 e. The molecule has 0 aromatic heterocycles. The molecule has 1 saturated heterocycles. The van der Waals surface area contributed by atoms with Gasteiger partial charge in [0.1, 0.15) is 0 Å². The summed E-state index contributed by atoms with van der Waals surface area (Å²) in [6, 6.07) is 0. The molecule has 1 amide bonds. The Balaban J connectivity index is 2.05. The molecule has 1 rings (SSSR count). The topological polar surface area (TPSA) is 58.4 Å². The number of nitrogens with zero attached hydrogens (tertiary/aromatic N) is 1. The van der Waals surface area contributed by atoms with Gasteiger partial charge in [0.2, 0.25) is 5.91 Å². The molecule has 4 heteroatoms. The maximum absolute atomic E-state index is 11.6. The highest BCUT2D eigenvalue weighted by atomic mass is 16.1. The third-order valence-electron chi connectivity index (χ3n) is 3.62. The second-order valence-electron chi connectivity index (χ2n) is 6.36. The van der Waals surface area contributed by atoms with E-state index < -0.39 is 0 Å². The van der Waals surface area contributed by atoms with Gasteiger partial charge in [0, 0.05) is 25.0 Å². The molecule has 1 heterocycles. The summed E-state index contributed by atoms with van der Waals surface area (Å²) in [5.41, 5.74) is 5.60. The van der Waals surface area contributed by atoms with Crippen LogP contribution in [0, 0.1) is 5.92 Å². The van der Waals surface area contributed by atoms with Gasteiger partial charge in [-0.15, -0.1) is 0 Å². The molecule has 0 spiro atoms. The lowest BCUT2D eigenvalue weighted by Crippen LogP contribution is -2.40. The van der Waals surface area contributed by atoms with Gasteiger partial charge in [-0.1, -0.05) is 6.92 Å². The first-order valence-corrected chi connectivity index (χ1v) is 7.15. The Morgan fingerprint density at radius 3 is 2.56 bits per heavy atom. The number of rotatable bonds is 6. The summed E-state index contributed by atoms with van der Waals surface area (Å²) >= 11 is 0. The molecule has 106 valence electrons. The summed E-state index contributed by atoms with van der Waals surface area (Å²) in [4.78, 5) is 14.0. The predicted octanol–water partition coefficient (Wildman–Crippen LogP) is 1.35. The van der Waals surface area contributed by atoms with Crippen molar-refractivity contribution < 1.29 is 4.79 Å². The zero-order valence-electron chi connectivity index (χ0n) is 12.2. The van der Waals surface area contributed by atoms with E-state index in [9.17, 15) is 4.79 Å². The van der Waals surface area contributed by atoms with Crippen molar-refractivity contribution in [2.24, 2.45) is 11.7 Å². The number of nitrogens with one attached hydrogen (secondary N) is 1. The molecule has 0 radical (unpaired) electrons. The van der Waals surface area contributed by atoms with Crippen LogP contribution in [0.5, 0.6) is 0 Å². The molecule has 4 nitrogen and oxygen atoms in total. The molecule has 1 aliphatic heterocycles. The highest BCUT2D eigenvalue weighted by Gasteiger charge is 2.16. The smallest absolute Gasteiger partial charge is 0.220 e. The van der Waals surface area contributed by atoms with E-state index in [0.717, 1.165) is 25.4 Å². The van der Waals surface area contributed by atoms with E-state index in [1.165, 1.54) is 25.9 Å². The summed E-state index contributed by atoms with van der Waals surface area (Å²) in [6.45, 7) is 10.3. The van der Waals surface area contributed by atoms with Crippen LogP contribution in [0.1, 0.15) is 46.5 Å². The Morgan fingerprint density at radius 1 is 1.39 bits per heavy atom. The van der Waals surface area contributed by atoms with Crippen molar-refractivity contribution in [1.82, 2.24) is 10.2 Å². The van der Waals surface area contributed by atoms with Crippen LogP contribution in [-0.2, 0) is 4.79 Å².